The third kappa shape index (κ3) is 2.53. The maximum absolute atomic E-state index is 4.37. The van der Waals surface area contributed by atoms with E-state index in [2.05, 4.69) is 39.3 Å². The van der Waals surface area contributed by atoms with Gasteiger partial charge in [0.05, 0.1) is 17.4 Å². The molecule has 2 unspecified atom stereocenters. The monoisotopic (exact) mass is 246 g/mol. The zero-order valence-electron chi connectivity index (χ0n) is 11.1. The maximum atomic E-state index is 4.37. The van der Waals surface area contributed by atoms with Crippen LogP contribution in [0.3, 0.4) is 0 Å². The van der Waals surface area contributed by atoms with Crippen molar-refractivity contribution in [1.82, 2.24) is 30.0 Å². The molecule has 2 heterocycles. The van der Waals surface area contributed by atoms with Crippen molar-refractivity contribution < 1.29 is 0 Å². The van der Waals surface area contributed by atoms with Gasteiger partial charge in [-0.1, -0.05) is 0 Å². The van der Waals surface area contributed by atoms with Crippen LogP contribution < -0.4 is 5.32 Å². The molecule has 6 nitrogen and oxygen atoms in total. The van der Waals surface area contributed by atoms with Gasteiger partial charge in [-0.05, 0) is 20.8 Å². The van der Waals surface area contributed by atoms with E-state index < -0.39 is 0 Å². The number of nitrogens with one attached hydrogen (secondary N) is 1. The molecule has 0 radical (unpaired) electrons. The van der Waals surface area contributed by atoms with Gasteiger partial charge in [0.2, 0.25) is 0 Å². The summed E-state index contributed by atoms with van der Waals surface area (Å²) in [6, 6.07) is 0.222. The van der Waals surface area contributed by atoms with E-state index in [0.29, 0.717) is 0 Å². The summed E-state index contributed by atoms with van der Waals surface area (Å²) in [5.74, 6) is 0.906. The Hall–Kier alpha value is -1.82. The van der Waals surface area contributed by atoms with E-state index in [9.17, 15) is 0 Å². The molecule has 2 aromatic rings. The number of hydrogen-bond donors (Lipinski definition) is 1. The van der Waals surface area contributed by atoms with Crippen molar-refractivity contribution in [2.75, 3.05) is 0 Å². The Labute approximate surface area is 106 Å². The van der Waals surface area contributed by atoms with Gasteiger partial charge in [-0.3, -0.25) is 15.3 Å². The first kappa shape index (κ1) is 12.6. The molecule has 0 saturated heterocycles. The maximum Gasteiger partial charge on any atom is 0.149 e. The van der Waals surface area contributed by atoms with Crippen LogP contribution in [-0.4, -0.2) is 24.7 Å². The van der Waals surface area contributed by atoms with Crippen molar-refractivity contribution in [3.63, 3.8) is 0 Å². The van der Waals surface area contributed by atoms with Crippen molar-refractivity contribution in [2.24, 2.45) is 7.05 Å². The molecule has 0 spiro atoms. The number of rotatable bonds is 4. The summed E-state index contributed by atoms with van der Waals surface area (Å²) in [7, 11) is 1.94. The summed E-state index contributed by atoms with van der Waals surface area (Å²) in [6.07, 6.45) is 5.12. The Morgan fingerprint density at radius 3 is 2.50 bits per heavy atom. The van der Waals surface area contributed by atoms with Crippen LogP contribution in [0.4, 0.5) is 0 Å². The molecule has 0 amide bonds. The highest BCUT2D eigenvalue weighted by Gasteiger charge is 2.17. The molecule has 0 aliphatic carbocycles. The van der Waals surface area contributed by atoms with Crippen LogP contribution in [0.25, 0.3) is 0 Å². The second kappa shape index (κ2) is 5.22. The number of aromatic nitrogens is 5. The van der Waals surface area contributed by atoms with E-state index >= 15 is 0 Å². The van der Waals surface area contributed by atoms with E-state index in [1.807, 2.05) is 18.5 Å². The van der Waals surface area contributed by atoms with Crippen molar-refractivity contribution >= 4 is 0 Å². The minimum atomic E-state index is 0.105. The van der Waals surface area contributed by atoms with Crippen LogP contribution in [0.15, 0.2) is 18.7 Å². The van der Waals surface area contributed by atoms with Crippen LogP contribution in [0.1, 0.15) is 43.1 Å². The molecule has 6 heteroatoms. The SMILES string of the molecule is Cc1nccnc1C(C)NC(C)c1nncn1C. The minimum absolute atomic E-state index is 0.105. The molecule has 2 rings (SSSR count). The zero-order chi connectivity index (χ0) is 13.1. The molecule has 18 heavy (non-hydrogen) atoms. The lowest BCUT2D eigenvalue weighted by atomic mass is 10.1. The van der Waals surface area contributed by atoms with E-state index in [-0.39, 0.29) is 12.1 Å². The van der Waals surface area contributed by atoms with Crippen molar-refractivity contribution in [3.8, 4) is 0 Å². The van der Waals surface area contributed by atoms with Gasteiger partial charge >= 0.3 is 0 Å². The van der Waals surface area contributed by atoms with Crippen molar-refractivity contribution in [3.05, 3.63) is 35.9 Å². The molecule has 2 atom stereocenters. The van der Waals surface area contributed by atoms with Crippen molar-refractivity contribution in [1.29, 1.82) is 0 Å². The fraction of sp³-hybridized carbons (Fsp3) is 0.500. The Morgan fingerprint density at radius 1 is 1.17 bits per heavy atom. The molecule has 2 aromatic heterocycles. The summed E-state index contributed by atoms with van der Waals surface area (Å²) in [5.41, 5.74) is 1.91. The first-order chi connectivity index (χ1) is 8.59. The molecule has 0 aromatic carbocycles. The van der Waals surface area contributed by atoms with E-state index in [4.69, 9.17) is 0 Å². The standard InChI is InChI=1S/C12H18N6/c1-8-11(14-6-5-13-8)9(2)16-10(3)12-17-15-7-18(12)4/h5-7,9-10,16H,1-4H3. The van der Waals surface area contributed by atoms with Gasteiger partial charge in [-0.25, -0.2) is 0 Å². The van der Waals surface area contributed by atoms with Crippen LogP contribution in [0, 0.1) is 6.92 Å². The van der Waals surface area contributed by atoms with Gasteiger partial charge in [-0.15, -0.1) is 10.2 Å². The van der Waals surface area contributed by atoms with Gasteiger partial charge in [0.15, 0.2) is 0 Å². The topological polar surface area (TPSA) is 68.5 Å². The fourth-order valence-corrected chi connectivity index (χ4v) is 2.06. The predicted molar refractivity (Wildman–Crippen MR) is 67.7 cm³/mol. The fourth-order valence-electron chi connectivity index (χ4n) is 2.06. The number of hydrogen-bond acceptors (Lipinski definition) is 5. The van der Waals surface area contributed by atoms with Gasteiger partial charge < -0.3 is 4.57 Å². The molecule has 0 saturated carbocycles. The van der Waals surface area contributed by atoms with Gasteiger partial charge in [-0.2, -0.15) is 0 Å². The van der Waals surface area contributed by atoms with E-state index in [0.717, 1.165) is 17.2 Å². The normalized spacial score (nSPS) is 14.4. The molecule has 0 fully saturated rings. The lowest BCUT2D eigenvalue weighted by molar-refractivity contribution is 0.456. The Bertz CT molecular complexity index is 521. The van der Waals surface area contributed by atoms with Crippen LogP contribution in [0.5, 0.6) is 0 Å². The van der Waals surface area contributed by atoms with Crippen LogP contribution in [-0.2, 0) is 7.05 Å². The van der Waals surface area contributed by atoms with E-state index in [1.165, 1.54) is 0 Å². The quantitative estimate of drug-likeness (QED) is 0.881. The van der Waals surface area contributed by atoms with Gasteiger partial charge in [0.25, 0.3) is 0 Å². The first-order valence-corrected chi connectivity index (χ1v) is 5.97. The summed E-state index contributed by atoms with van der Waals surface area (Å²) < 4.78 is 1.91. The Kier molecular flexibility index (Phi) is 3.66. The second-order valence-corrected chi connectivity index (χ2v) is 4.44. The van der Waals surface area contributed by atoms with Gasteiger partial charge in [0, 0.05) is 25.5 Å². The number of nitrogens with zero attached hydrogens (tertiary/aromatic N) is 5. The zero-order valence-corrected chi connectivity index (χ0v) is 11.1. The first-order valence-electron chi connectivity index (χ1n) is 5.97. The summed E-state index contributed by atoms with van der Waals surface area (Å²) in [6.45, 7) is 6.10. The Morgan fingerprint density at radius 2 is 1.89 bits per heavy atom. The minimum Gasteiger partial charge on any atom is -0.319 e. The molecular formula is C12H18N6. The second-order valence-electron chi connectivity index (χ2n) is 4.44. The third-order valence-electron chi connectivity index (χ3n) is 2.96. The van der Waals surface area contributed by atoms with Gasteiger partial charge in [0.1, 0.15) is 12.2 Å². The molecule has 0 bridgehead atoms. The van der Waals surface area contributed by atoms with Crippen molar-refractivity contribution in [2.45, 2.75) is 32.9 Å². The van der Waals surface area contributed by atoms with Crippen LogP contribution in [0.2, 0.25) is 0 Å². The molecular weight excluding hydrogens is 228 g/mol. The molecule has 0 aliphatic heterocycles. The third-order valence-corrected chi connectivity index (χ3v) is 2.96. The largest absolute Gasteiger partial charge is 0.319 e. The highest BCUT2D eigenvalue weighted by molar-refractivity contribution is 5.13. The average Bonchev–Trinajstić information content (AvgIpc) is 2.76. The summed E-state index contributed by atoms with van der Waals surface area (Å²) in [5, 5.41) is 11.4. The smallest absolute Gasteiger partial charge is 0.149 e. The molecule has 0 aliphatic rings. The summed E-state index contributed by atoms with van der Waals surface area (Å²) >= 11 is 0. The lowest BCUT2D eigenvalue weighted by Gasteiger charge is -2.19. The Balaban J connectivity index is 2.11. The van der Waals surface area contributed by atoms with E-state index in [1.54, 1.807) is 18.7 Å². The average molecular weight is 246 g/mol. The predicted octanol–water partition coefficient (Wildman–Crippen LogP) is 1.33. The summed E-state index contributed by atoms with van der Waals surface area (Å²) in [4.78, 5) is 8.62. The number of aryl methyl sites for hydroxylation is 2. The molecule has 1 N–H and O–H groups in total. The molecule has 96 valence electrons. The highest BCUT2D eigenvalue weighted by Crippen LogP contribution is 2.17. The van der Waals surface area contributed by atoms with Crippen LogP contribution >= 0.6 is 0 Å². The highest BCUT2D eigenvalue weighted by atomic mass is 15.3. The lowest BCUT2D eigenvalue weighted by Crippen LogP contribution is -2.26.